The molecule has 0 spiro atoms. The first-order valence-corrected chi connectivity index (χ1v) is 11.5. The van der Waals surface area contributed by atoms with Gasteiger partial charge in [0.1, 0.15) is 6.61 Å². The molecule has 3 aromatic heterocycles. The minimum atomic E-state index is -0.425. The summed E-state index contributed by atoms with van der Waals surface area (Å²) in [5.41, 5.74) is 0.872. The van der Waals surface area contributed by atoms with E-state index < -0.39 is 5.82 Å². The number of aromatic nitrogens is 5. The molecule has 5 rings (SSSR count). The Labute approximate surface area is 190 Å². The standard InChI is InChI=1S/C22H16FN5O2S2/c23-16-9-4-5-10-17(16)29-13-19-24-27-22(28(19)15-7-2-1-3-8-15)32-14-20-25-26-21(30-20)18-11-6-12-31-18/h1-12H,13-14H2. The Morgan fingerprint density at radius 3 is 2.59 bits per heavy atom. The van der Waals surface area contributed by atoms with Crippen molar-refractivity contribution in [1.29, 1.82) is 0 Å². The van der Waals surface area contributed by atoms with Crippen LogP contribution in [0.4, 0.5) is 4.39 Å². The molecule has 32 heavy (non-hydrogen) atoms. The number of ether oxygens (including phenoxy) is 1. The van der Waals surface area contributed by atoms with Gasteiger partial charge in [0.2, 0.25) is 5.89 Å². The molecule has 10 heteroatoms. The summed E-state index contributed by atoms with van der Waals surface area (Å²) in [6.45, 7) is 0.0620. The Morgan fingerprint density at radius 1 is 0.938 bits per heavy atom. The topological polar surface area (TPSA) is 78.9 Å². The van der Waals surface area contributed by atoms with Crippen LogP contribution < -0.4 is 4.74 Å². The summed E-state index contributed by atoms with van der Waals surface area (Å²) in [7, 11) is 0. The summed E-state index contributed by atoms with van der Waals surface area (Å²) in [6.07, 6.45) is 0. The van der Waals surface area contributed by atoms with Crippen LogP contribution in [0, 0.1) is 5.82 Å². The van der Waals surface area contributed by atoms with Crippen molar-refractivity contribution in [2.75, 3.05) is 0 Å². The highest BCUT2D eigenvalue weighted by molar-refractivity contribution is 7.98. The lowest BCUT2D eigenvalue weighted by molar-refractivity contribution is 0.278. The second kappa shape index (κ2) is 9.33. The zero-order valence-corrected chi connectivity index (χ0v) is 18.2. The lowest BCUT2D eigenvalue weighted by atomic mass is 10.3. The summed E-state index contributed by atoms with van der Waals surface area (Å²) in [5, 5.41) is 19.4. The van der Waals surface area contributed by atoms with Gasteiger partial charge in [-0.05, 0) is 35.7 Å². The fourth-order valence-electron chi connectivity index (χ4n) is 2.97. The lowest BCUT2D eigenvalue weighted by Crippen LogP contribution is -2.07. The number of rotatable bonds is 8. The molecule has 0 aliphatic rings. The van der Waals surface area contributed by atoms with Crippen molar-refractivity contribution in [2.45, 2.75) is 17.5 Å². The normalized spacial score (nSPS) is 11.0. The maximum Gasteiger partial charge on any atom is 0.257 e. The van der Waals surface area contributed by atoms with E-state index in [0.717, 1.165) is 10.6 Å². The Bertz CT molecular complexity index is 1310. The molecular formula is C22H16FN5O2S2. The minimum absolute atomic E-state index is 0.0620. The van der Waals surface area contributed by atoms with Crippen molar-refractivity contribution >= 4 is 23.1 Å². The van der Waals surface area contributed by atoms with E-state index in [1.807, 2.05) is 52.4 Å². The lowest BCUT2D eigenvalue weighted by Gasteiger charge is -2.11. The molecular weight excluding hydrogens is 449 g/mol. The first kappa shape index (κ1) is 20.4. The van der Waals surface area contributed by atoms with Gasteiger partial charge in [-0.2, -0.15) is 0 Å². The van der Waals surface area contributed by atoms with Crippen molar-refractivity contribution in [1.82, 2.24) is 25.0 Å². The van der Waals surface area contributed by atoms with E-state index in [1.54, 1.807) is 29.5 Å². The maximum atomic E-state index is 13.9. The van der Waals surface area contributed by atoms with Crippen molar-refractivity contribution in [3.63, 3.8) is 0 Å². The summed E-state index contributed by atoms with van der Waals surface area (Å²) in [6, 6.07) is 19.8. The summed E-state index contributed by atoms with van der Waals surface area (Å²) in [5.74, 6) is 1.70. The van der Waals surface area contributed by atoms with Crippen LogP contribution in [0.25, 0.3) is 16.5 Å². The quantitative estimate of drug-likeness (QED) is 0.284. The number of halogens is 1. The fraction of sp³-hybridized carbons (Fsp3) is 0.0909. The van der Waals surface area contributed by atoms with Crippen LogP contribution >= 0.6 is 23.1 Å². The molecule has 3 heterocycles. The molecule has 0 N–H and O–H groups in total. The second-order valence-corrected chi connectivity index (χ2v) is 8.45. The molecule has 0 radical (unpaired) electrons. The molecule has 2 aromatic carbocycles. The average Bonchev–Trinajstić information content (AvgIpc) is 3.58. The number of benzene rings is 2. The summed E-state index contributed by atoms with van der Waals surface area (Å²) >= 11 is 2.96. The summed E-state index contributed by atoms with van der Waals surface area (Å²) in [4.78, 5) is 0.925. The van der Waals surface area contributed by atoms with Crippen molar-refractivity contribution in [3.05, 3.63) is 89.6 Å². The number of hydrogen-bond acceptors (Lipinski definition) is 8. The smallest absolute Gasteiger partial charge is 0.257 e. The molecule has 0 atom stereocenters. The summed E-state index contributed by atoms with van der Waals surface area (Å²) < 4.78 is 27.2. The maximum absolute atomic E-state index is 13.9. The van der Waals surface area contributed by atoms with Crippen LogP contribution in [0.3, 0.4) is 0 Å². The molecule has 0 saturated heterocycles. The predicted molar refractivity (Wildman–Crippen MR) is 119 cm³/mol. The number of hydrogen-bond donors (Lipinski definition) is 0. The molecule has 5 aromatic rings. The average molecular weight is 466 g/mol. The van der Waals surface area contributed by atoms with E-state index in [1.165, 1.54) is 17.8 Å². The Hall–Kier alpha value is -3.50. The fourth-order valence-corrected chi connectivity index (χ4v) is 4.42. The van der Waals surface area contributed by atoms with Gasteiger partial charge in [-0.25, -0.2) is 4.39 Å². The van der Waals surface area contributed by atoms with Crippen LogP contribution in [0.2, 0.25) is 0 Å². The van der Waals surface area contributed by atoms with E-state index in [2.05, 4.69) is 20.4 Å². The number of thioether (sulfide) groups is 1. The zero-order valence-electron chi connectivity index (χ0n) is 16.6. The van der Waals surface area contributed by atoms with Crippen LogP contribution in [-0.4, -0.2) is 25.0 Å². The molecule has 160 valence electrons. The molecule has 7 nitrogen and oxygen atoms in total. The van der Waals surface area contributed by atoms with Gasteiger partial charge in [0, 0.05) is 5.69 Å². The highest BCUT2D eigenvalue weighted by Crippen LogP contribution is 2.28. The highest BCUT2D eigenvalue weighted by atomic mass is 32.2. The number of thiophene rings is 1. The third-order valence-corrected chi connectivity index (χ3v) is 6.20. The van der Waals surface area contributed by atoms with Gasteiger partial charge in [-0.15, -0.1) is 31.7 Å². The number of nitrogens with zero attached hydrogens (tertiary/aromatic N) is 5. The molecule has 0 fully saturated rings. The second-order valence-electron chi connectivity index (χ2n) is 6.56. The van der Waals surface area contributed by atoms with Crippen LogP contribution in [-0.2, 0) is 12.4 Å². The van der Waals surface area contributed by atoms with Crippen molar-refractivity contribution in [2.24, 2.45) is 0 Å². The Balaban J connectivity index is 1.37. The van der Waals surface area contributed by atoms with Gasteiger partial charge < -0.3 is 9.15 Å². The predicted octanol–water partition coefficient (Wildman–Crippen LogP) is 5.39. The third kappa shape index (κ3) is 4.41. The molecule has 0 amide bonds. The SMILES string of the molecule is Fc1ccccc1OCc1nnc(SCc2nnc(-c3cccs3)o2)n1-c1ccccc1. The van der Waals surface area contributed by atoms with E-state index >= 15 is 0 Å². The van der Waals surface area contributed by atoms with Gasteiger partial charge in [0.15, 0.2) is 22.5 Å². The molecule has 0 unspecified atom stereocenters. The first-order chi connectivity index (χ1) is 15.8. The van der Waals surface area contributed by atoms with Crippen molar-refractivity contribution in [3.8, 4) is 22.2 Å². The van der Waals surface area contributed by atoms with Gasteiger partial charge in [-0.1, -0.05) is 48.2 Å². The van der Waals surface area contributed by atoms with E-state index in [9.17, 15) is 4.39 Å². The van der Waals surface area contributed by atoms with Gasteiger partial charge in [0.25, 0.3) is 5.89 Å². The molecule has 0 aliphatic heterocycles. The minimum Gasteiger partial charge on any atom is -0.483 e. The molecule has 0 aliphatic carbocycles. The zero-order chi connectivity index (χ0) is 21.8. The van der Waals surface area contributed by atoms with Gasteiger partial charge in [-0.3, -0.25) is 4.57 Å². The van der Waals surface area contributed by atoms with Crippen LogP contribution in [0.5, 0.6) is 5.75 Å². The largest absolute Gasteiger partial charge is 0.483 e. The highest BCUT2D eigenvalue weighted by Gasteiger charge is 2.17. The van der Waals surface area contributed by atoms with E-state index in [-0.39, 0.29) is 12.4 Å². The number of para-hydroxylation sites is 2. The first-order valence-electron chi connectivity index (χ1n) is 9.64. The monoisotopic (exact) mass is 465 g/mol. The third-order valence-electron chi connectivity index (χ3n) is 4.43. The van der Waals surface area contributed by atoms with E-state index in [4.69, 9.17) is 9.15 Å². The van der Waals surface area contributed by atoms with Gasteiger partial charge in [0.05, 0.1) is 10.6 Å². The molecule has 0 bridgehead atoms. The van der Waals surface area contributed by atoms with Crippen molar-refractivity contribution < 1.29 is 13.5 Å². The Morgan fingerprint density at radius 2 is 1.78 bits per heavy atom. The van der Waals surface area contributed by atoms with Crippen LogP contribution in [0.1, 0.15) is 11.7 Å². The van der Waals surface area contributed by atoms with Crippen LogP contribution in [0.15, 0.2) is 81.7 Å². The van der Waals surface area contributed by atoms with Gasteiger partial charge >= 0.3 is 0 Å². The molecule has 0 saturated carbocycles. The Kier molecular flexibility index (Phi) is 5.95. The van der Waals surface area contributed by atoms with E-state index in [0.29, 0.717) is 28.5 Å².